The minimum absolute atomic E-state index is 0.132. The first-order valence-electron chi connectivity index (χ1n) is 9.15. The van der Waals surface area contributed by atoms with Crippen LogP contribution in [0.15, 0.2) is 18.2 Å². The van der Waals surface area contributed by atoms with Crippen LogP contribution in [0.5, 0.6) is 0 Å². The fourth-order valence-corrected chi connectivity index (χ4v) is 2.93. The molecule has 1 heterocycles. The molecule has 0 radical (unpaired) electrons. The number of carboxylic acid groups (broad SMARTS) is 1. The number of carboxylic acids is 1. The van der Waals surface area contributed by atoms with Gasteiger partial charge in [-0.2, -0.15) is 0 Å². The predicted molar refractivity (Wildman–Crippen MR) is 103 cm³/mol. The molecule has 1 aromatic rings. The van der Waals surface area contributed by atoms with E-state index < -0.39 is 17.7 Å². The van der Waals surface area contributed by atoms with Crippen LogP contribution in [0.1, 0.15) is 61.3 Å². The Bertz CT molecular complexity index is 788. The van der Waals surface area contributed by atoms with E-state index >= 15 is 0 Å². The predicted octanol–water partition coefficient (Wildman–Crippen LogP) is 3.17. The third-order valence-electron chi connectivity index (χ3n) is 4.43. The number of anilines is 1. The van der Waals surface area contributed by atoms with Crippen molar-refractivity contribution in [2.45, 2.75) is 46.1 Å². The van der Waals surface area contributed by atoms with Gasteiger partial charge in [0.05, 0.1) is 11.3 Å². The number of ketones is 1. The number of ether oxygens (including phenoxy) is 1. The van der Waals surface area contributed by atoms with E-state index in [0.29, 0.717) is 25.9 Å². The van der Waals surface area contributed by atoms with Gasteiger partial charge in [-0.05, 0) is 58.7 Å². The maximum atomic E-state index is 12.6. The fraction of sp³-hybridized carbons (Fsp3) is 0.500. The van der Waals surface area contributed by atoms with Crippen molar-refractivity contribution in [3.63, 3.8) is 0 Å². The van der Waals surface area contributed by atoms with Crippen LogP contribution in [-0.2, 0) is 9.53 Å². The average molecular weight is 390 g/mol. The Balaban J connectivity index is 2.00. The van der Waals surface area contributed by atoms with Crippen molar-refractivity contribution in [1.29, 1.82) is 0 Å². The molecule has 0 spiro atoms. The van der Waals surface area contributed by atoms with Crippen LogP contribution in [0.4, 0.5) is 10.5 Å². The Kier molecular flexibility index (Phi) is 6.43. The number of carbonyl (C=O) groups is 4. The van der Waals surface area contributed by atoms with Crippen molar-refractivity contribution in [1.82, 2.24) is 4.90 Å². The van der Waals surface area contributed by atoms with Gasteiger partial charge in [-0.15, -0.1) is 0 Å². The highest BCUT2D eigenvalue weighted by Crippen LogP contribution is 2.24. The van der Waals surface area contributed by atoms with E-state index in [-0.39, 0.29) is 34.4 Å². The number of aromatic carboxylic acids is 1. The van der Waals surface area contributed by atoms with Gasteiger partial charge >= 0.3 is 12.1 Å². The third-order valence-corrected chi connectivity index (χ3v) is 4.43. The molecule has 8 nitrogen and oxygen atoms in total. The number of benzene rings is 1. The van der Waals surface area contributed by atoms with Gasteiger partial charge in [-0.3, -0.25) is 9.59 Å². The highest BCUT2D eigenvalue weighted by atomic mass is 16.6. The fourth-order valence-electron chi connectivity index (χ4n) is 2.93. The van der Waals surface area contributed by atoms with Gasteiger partial charge in [0, 0.05) is 24.6 Å². The SMILES string of the molecule is CC(=O)c1ccc(NC(=O)C2CCN(C(=O)OC(C)(C)C)CC2)c(C(=O)O)c1. The molecule has 1 aliphatic heterocycles. The van der Waals surface area contributed by atoms with Crippen molar-refractivity contribution >= 4 is 29.4 Å². The summed E-state index contributed by atoms with van der Waals surface area (Å²) in [5.41, 5.74) is -0.296. The smallest absolute Gasteiger partial charge is 0.410 e. The van der Waals surface area contributed by atoms with Gasteiger partial charge in [0.1, 0.15) is 5.60 Å². The summed E-state index contributed by atoms with van der Waals surface area (Å²) in [7, 11) is 0. The number of nitrogens with zero attached hydrogens (tertiary/aromatic N) is 1. The summed E-state index contributed by atoms with van der Waals surface area (Å²) in [6.45, 7) is 7.51. The number of carbonyl (C=O) groups excluding carboxylic acids is 3. The zero-order chi connectivity index (χ0) is 21.1. The van der Waals surface area contributed by atoms with E-state index in [1.807, 2.05) is 0 Å². The topological polar surface area (TPSA) is 113 Å². The molecule has 1 saturated heterocycles. The van der Waals surface area contributed by atoms with Crippen LogP contribution in [0, 0.1) is 5.92 Å². The number of hydrogen-bond donors (Lipinski definition) is 2. The normalized spacial score (nSPS) is 15.1. The van der Waals surface area contributed by atoms with Crippen LogP contribution in [0.3, 0.4) is 0 Å². The Morgan fingerprint density at radius 1 is 1.14 bits per heavy atom. The summed E-state index contributed by atoms with van der Waals surface area (Å²) >= 11 is 0. The van der Waals surface area contributed by atoms with Gasteiger partial charge < -0.3 is 20.1 Å². The highest BCUT2D eigenvalue weighted by Gasteiger charge is 2.30. The zero-order valence-electron chi connectivity index (χ0n) is 16.6. The molecule has 2 rings (SSSR count). The van der Waals surface area contributed by atoms with Crippen LogP contribution in [0.2, 0.25) is 0 Å². The van der Waals surface area contributed by atoms with Gasteiger partial charge in [0.25, 0.3) is 0 Å². The second-order valence-electron chi connectivity index (χ2n) is 7.85. The van der Waals surface area contributed by atoms with Crippen LogP contribution in [0.25, 0.3) is 0 Å². The van der Waals surface area contributed by atoms with Crippen molar-refractivity contribution in [2.24, 2.45) is 5.92 Å². The number of likely N-dealkylation sites (tertiary alicyclic amines) is 1. The first-order valence-corrected chi connectivity index (χ1v) is 9.15. The van der Waals surface area contributed by atoms with Gasteiger partial charge in [-0.1, -0.05) is 0 Å². The molecule has 1 fully saturated rings. The number of piperidine rings is 1. The molecule has 28 heavy (non-hydrogen) atoms. The Hall–Kier alpha value is -2.90. The summed E-state index contributed by atoms with van der Waals surface area (Å²) in [5, 5.41) is 12.0. The summed E-state index contributed by atoms with van der Waals surface area (Å²) in [6.07, 6.45) is 0.511. The van der Waals surface area contributed by atoms with E-state index in [9.17, 15) is 24.3 Å². The molecule has 152 valence electrons. The molecule has 2 N–H and O–H groups in total. The summed E-state index contributed by atoms with van der Waals surface area (Å²) < 4.78 is 5.33. The summed E-state index contributed by atoms with van der Waals surface area (Å²) in [4.78, 5) is 49.1. The Morgan fingerprint density at radius 2 is 1.75 bits per heavy atom. The number of hydrogen-bond acceptors (Lipinski definition) is 5. The molecule has 0 atom stereocenters. The lowest BCUT2D eigenvalue weighted by Gasteiger charge is -2.33. The van der Waals surface area contributed by atoms with Crippen molar-refractivity contribution in [2.75, 3.05) is 18.4 Å². The van der Waals surface area contributed by atoms with Crippen LogP contribution >= 0.6 is 0 Å². The van der Waals surface area contributed by atoms with Gasteiger partial charge in [0.2, 0.25) is 5.91 Å². The first kappa shape index (κ1) is 21.4. The van der Waals surface area contributed by atoms with Crippen molar-refractivity contribution in [3.8, 4) is 0 Å². The standard InChI is InChI=1S/C20H26N2O6/c1-12(23)14-5-6-16(15(11-14)18(25)26)21-17(24)13-7-9-22(10-8-13)19(27)28-20(2,3)4/h5-6,11,13H,7-10H2,1-4H3,(H,21,24)(H,25,26). The summed E-state index contributed by atoms with van der Waals surface area (Å²) in [5.74, 6) is -2.12. The molecule has 2 amide bonds. The number of Topliss-reactive ketones (excluding diaryl/α,β-unsaturated/α-hetero) is 1. The minimum Gasteiger partial charge on any atom is -0.478 e. The molecule has 0 aliphatic carbocycles. The largest absolute Gasteiger partial charge is 0.478 e. The lowest BCUT2D eigenvalue weighted by molar-refractivity contribution is -0.121. The molecular formula is C20H26N2O6. The third kappa shape index (κ3) is 5.55. The zero-order valence-corrected chi connectivity index (χ0v) is 16.6. The van der Waals surface area contributed by atoms with E-state index in [0.717, 1.165) is 0 Å². The number of nitrogens with one attached hydrogen (secondary N) is 1. The molecule has 0 aromatic heterocycles. The lowest BCUT2D eigenvalue weighted by Crippen LogP contribution is -2.43. The molecular weight excluding hydrogens is 364 g/mol. The Morgan fingerprint density at radius 3 is 2.25 bits per heavy atom. The molecule has 0 saturated carbocycles. The molecule has 8 heteroatoms. The second-order valence-corrected chi connectivity index (χ2v) is 7.85. The average Bonchev–Trinajstić information content (AvgIpc) is 2.60. The minimum atomic E-state index is -1.22. The molecule has 1 aliphatic rings. The van der Waals surface area contributed by atoms with E-state index in [2.05, 4.69) is 5.32 Å². The van der Waals surface area contributed by atoms with E-state index in [1.165, 1.54) is 25.1 Å². The van der Waals surface area contributed by atoms with E-state index in [1.54, 1.807) is 25.7 Å². The van der Waals surface area contributed by atoms with Gasteiger partial charge in [-0.25, -0.2) is 9.59 Å². The Labute approximate surface area is 163 Å². The summed E-state index contributed by atoms with van der Waals surface area (Å²) in [6, 6.07) is 4.16. The highest BCUT2D eigenvalue weighted by molar-refractivity contribution is 6.04. The second kappa shape index (κ2) is 8.41. The van der Waals surface area contributed by atoms with Crippen LogP contribution in [-0.4, -0.2) is 52.4 Å². The van der Waals surface area contributed by atoms with Gasteiger partial charge in [0.15, 0.2) is 5.78 Å². The molecule has 0 bridgehead atoms. The molecule has 1 aromatic carbocycles. The number of rotatable bonds is 4. The van der Waals surface area contributed by atoms with Crippen molar-refractivity contribution in [3.05, 3.63) is 29.3 Å². The maximum absolute atomic E-state index is 12.6. The quantitative estimate of drug-likeness (QED) is 0.764. The maximum Gasteiger partial charge on any atom is 0.410 e. The first-order chi connectivity index (χ1) is 13.0. The monoisotopic (exact) mass is 390 g/mol. The lowest BCUT2D eigenvalue weighted by atomic mass is 9.95. The van der Waals surface area contributed by atoms with Crippen LogP contribution < -0.4 is 5.32 Å². The molecule has 0 unspecified atom stereocenters. The number of amides is 2. The van der Waals surface area contributed by atoms with Crippen molar-refractivity contribution < 1.29 is 29.0 Å². The van der Waals surface area contributed by atoms with E-state index in [4.69, 9.17) is 4.74 Å².